The van der Waals surface area contributed by atoms with Crippen molar-refractivity contribution in [2.24, 2.45) is 5.92 Å². The van der Waals surface area contributed by atoms with Gasteiger partial charge in [0.2, 0.25) is 11.8 Å². The first-order valence-corrected chi connectivity index (χ1v) is 9.05. The Morgan fingerprint density at radius 1 is 1.19 bits per heavy atom. The lowest BCUT2D eigenvalue weighted by Gasteiger charge is -2.35. The molecule has 7 nitrogen and oxygen atoms in total. The topological polar surface area (TPSA) is 79.0 Å². The van der Waals surface area contributed by atoms with Crippen molar-refractivity contribution in [3.8, 4) is 0 Å². The van der Waals surface area contributed by atoms with Gasteiger partial charge in [-0.3, -0.25) is 14.4 Å². The summed E-state index contributed by atoms with van der Waals surface area (Å²) < 4.78 is 20.0. The van der Waals surface area contributed by atoms with E-state index in [-0.39, 0.29) is 17.7 Å². The first-order valence-electron chi connectivity index (χ1n) is 9.05. The highest BCUT2D eigenvalue weighted by atomic mass is 19.1. The van der Waals surface area contributed by atoms with E-state index in [9.17, 15) is 18.8 Å². The van der Waals surface area contributed by atoms with Gasteiger partial charge in [0, 0.05) is 45.9 Å². The maximum Gasteiger partial charge on any atom is 0.315 e. The third-order valence-corrected chi connectivity index (χ3v) is 5.24. The molecule has 2 aliphatic heterocycles. The lowest BCUT2D eigenvalue weighted by Crippen LogP contribution is -2.48. The molecule has 1 aromatic carbocycles. The zero-order valence-electron chi connectivity index (χ0n) is 15.7. The third-order valence-electron chi connectivity index (χ3n) is 5.24. The van der Waals surface area contributed by atoms with Gasteiger partial charge in [0.1, 0.15) is 5.82 Å². The van der Waals surface area contributed by atoms with Crippen LogP contribution in [0.15, 0.2) is 18.2 Å². The second-order valence-electron chi connectivity index (χ2n) is 7.10. The van der Waals surface area contributed by atoms with Gasteiger partial charge >= 0.3 is 5.97 Å². The van der Waals surface area contributed by atoms with E-state index in [1.807, 2.05) is 4.90 Å². The summed E-state index contributed by atoms with van der Waals surface area (Å²) in [7, 11) is 0. The summed E-state index contributed by atoms with van der Waals surface area (Å²) in [4.78, 5) is 38.5. The van der Waals surface area contributed by atoms with Crippen molar-refractivity contribution >= 4 is 23.5 Å². The number of anilines is 1. The average Bonchev–Trinajstić information content (AvgIpc) is 2.88. The van der Waals surface area contributed by atoms with E-state index in [1.54, 1.807) is 24.0 Å². The zero-order valence-corrected chi connectivity index (χ0v) is 15.7. The molecular formula is C19H24FN3O4. The van der Waals surface area contributed by atoms with Gasteiger partial charge in [-0.25, -0.2) is 4.39 Å². The molecule has 2 unspecified atom stereocenters. The van der Waals surface area contributed by atoms with Crippen LogP contribution in [-0.4, -0.2) is 55.1 Å². The summed E-state index contributed by atoms with van der Waals surface area (Å²) in [6.07, 6.45) is -0.706. The van der Waals surface area contributed by atoms with E-state index < -0.39 is 23.9 Å². The molecule has 0 spiro atoms. The number of hydrogen-bond donors (Lipinski definition) is 1. The Labute approximate surface area is 157 Å². The SMILES string of the molecule is CC(=O)N[C@@H]1OC(=O)C(c2ccc(N3CCN(C(C)=O)CC3)c(F)c2)C1C. The van der Waals surface area contributed by atoms with Crippen LogP contribution in [0.2, 0.25) is 0 Å². The molecule has 0 aliphatic carbocycles. The van der Waals surface area contributed by atoms with Crippen molar-refractivity contribution in [2.75, 3.05) is 31.1 Å². The van der Waals surface area contributed by atoms with Crippen LogP contribution in [0.5, 0.6) is 0 Å². The molecule has 2 saturated heterocycles. The quantitative estimate of drug-likeness (QED) is 0.802. The fourth-order valence-electron chi connectivity index (χ4n) is 3.73. The van der Waals surface area contributed by atoms with E-state index in [2.05, 4.69) is 5.32 Å². The number of cyclic esters (lactones) is 1. The fourth-order valence-corrected chi connectivity index (χ4v) is 3.73. The number of halogens is 1. The van der Waals surface area contributed by atoms with Gasteiger partial charge in [0.05, 0.1) is 11.6 Å². The summed E-state index contributed by atoms with van der Waals surface area (Å²) in [5, 5.41) is 2.60. The Morgan fingerprint density at radius 3 is 2.41 bits per heavy atom. The van der Waals surface area contributed by atoms with E-state index in [0.29, 0.717) is 37.4 Å². The number of benzene rings is 1. The molecule has 8 heteroatoms. The molecule has 2 aliphatic rings. The number of hydrogen-bond acceptors (Lipinski definition) is 5. The molecule has 3 atom stereocenters. The Hall–Kier alpha value is -2.64. The van der Waals surface area contributed by atoms with Crippen molar-refractivity contribution in [1.29, 1.82) is 0 Å². The lowest BCUT2D eigenvalue weighted by molar-refractivity contribution is -0.144. The largest absolute Gasteiger partial charge is 0.441 e. The average molecular weight is 377 g/mol. The van der Waals surface area contributed by atoms with Crippen LogP contribution < -0.4 is 10.2 Å². The number of piperazine rings is 1. The van der Waals surface area contributed by atoms with E-state index >= 15 is 0 Å². The number of nitrogens with zero attached hydrogens (tertiary/aromatic N) is 2. The van der Waals surface area contributed by atoms with E-state index in [0.717, 1.165) is 0 Å². The van der Waals surface area contributed by atoms with Crippen LogP contribution in [0.25, 0.3) is 0 Å². The maximum atomic E-state index is 14.8. The Bertz CT molecular complexity index is 761. The van der Waals surface area contributed by atoms with Gasteiger partial charge in [0.15, 0.2) is 6.23 Å². The predicted molar refractivity (Wildman–Crippen MR) is 96.5 cm³/mol. The molecule has 2 amide bonds. The number of carbonyl (C=O) groups is 3. The van der Waals surface area contributed by atoms with Crippen LogP contribution in [-0.2, 0) is 19.1 Å². The van der Waals surface area contributed by atoms with Gasteiger partial charge < -0.3 is 19.9 Å². The molecule has 146 valence electrons. The molecule has 27 heavy (non-hydrogen) atoms. The van der Waals surface area contributed by atoms with Crippen LogP contribution in [0.4, 0.5) is 10.1 Å². The van der Waals surface area contributed by atoms with Gasteiger partial charge in [-0.15, -0.1) is 0 Å². The molecule has 0 radical (unpaired) electrons. The fraction of sp³-hybridized carbons (Fsp3) is 0.526. The van der Waals surface area contributed by atoms with Crippen LogP contribution >= 0.6 is 0 Å². The predicted octanol–water partition coefficient (Wildman–Crippen LogP) is 1.23. The highest BCUT2D eigenvalue weighted by Crippen LogP contribution is 2.37. The second kappa shape index (κ2) is 7.54. The molecule has 2 heterocycles. The first-order chi connectivity index (χ1) is 12.8. The summed E-state index contributed by atoms with van der Waals surface area (Å²) in [5.41, 5.74) is 0.989. The number of amides is 2. The van der Waals surface area contributed by atoms with Crippen molar-refractivity contribution in [1.82, 2.24) is 10.2 Å². The molecule has 2 fully saturated rings. The second-order valence-corrected chi connectivity index (χ2v) is 7.10. The lowest BCUT2D eigenvalue weighted by atomic mass is 9.88. The number of rotatable bonds is 3. The smallest absolute Gasteiger partial charge is 0.315 e. The Kier molecular flexibility index (Phi) is 5.34. The van der Waals surface area contributed by atoms with E-state index in [1.165, 1.54) is 19.9 Å². The van der Waals surface area contributed by atoms with Crippen LogP contribution in [0.1, 0.15) is 32.3 Å². The minimum absolute atomic E-state index is 0.0212. The summed E-state index contributed by atoms with van der Waals surface area (Å²) in [6, 6.07) is 4.76. The number of carbonyl (C=O) groups excluding carboxylic acids is 3. The summed E-state index contributed by atoms with van der Waals surface area (Å²) >= 11 is 0. The molecule has 1 N–H and O–H groups in total. The zero-order chi connectivity index (χ0) is 19.7. The van der Waals surface area contributed by atoms with Crippen LogP contribution in [0, 0.1) is 11.7 Å². The minimum Gasteiger partial charge on any atom is -0.441 e. The molecular weight excluding hydrogens is 353 g/mol. The highest BCUT2D eigenvalue weighted by molar-refractivity contribution is 5.82. The molecule has 0 saturated carbocycles. The van der Waals surface area contributed by atoms with Gasteiger partial charge in [-0.1, -0.05) is 13.0 Å². The molecule has 0 bridgehead atoms. The molecule has 1 aromatic rings. The number of esters is 1. The Balaban J connectivity index is 1.74. The van der Waals surface area contributed by atoms with Crippen molar-refractivity contribution in [3.63, 3.8) is 0 Å². The first kappa shape index (κ1) is 19.1. The highest BCUT2D eigenvalue weighted by Gasteiger charge is 2.43. The van der Waals surface area contributed by atoms with Crippen LogP contribution in [0.3, 0.4) is 0 Å². The standard InChI is InChI=1S/C19H24FN3O4/c1-11-17(19(26)27-18(11)21-12(2)24)14-4-5-16(15(20)10-14)23-8-6-22(7-9-23)13(3)25/h4-5,10-11,17-18H,6-9H2,1-3H3,(H,21,24)/t11?,17?,18-/m1/s1. The maximum absolute atomic E-state index is 14.8. The molecule has 0 aromatic heterocycles. The monoisotopic (exact) mass is 377 g/mol. The summed E-state index contributed by atoms with van der Waals surface area (Å²) in [5.74, 6) is -2.07. The van der Waals surface area contributed by atoms with Gasteiger partial charge in [0.25, 0.3) is 0 Å². The van der Waals surface area contributed by atoms with E-state index in [4.69, 9.17) is 4.74 Å². The van der Waals surface area contributed by atoms with Crippen molar-refractivity contribution in [3.05, 3.63) is 29.6 Å². The minimum atomic E-state index is -0.706. The van der Waals surface area contributed by atoms with Crippen molar-refractivity contribution in [2.45, 2.75) is 32.9 Å². The Morgan fingerprint density at radius 2 is 1.85 bits per heavy atom. The number of nitrogens with one attached hydrogen (secondary N) is 1. The van der Waals surface area contributed by atoms with Gasteiger partial charge in [-0.2, -0.15) is 0 Å². The molecule has 3 rings (SSSR count). The number of ether oxygens (including phenoxy) is 1. The normalized spacial score (nSPS) is 25.3. The third kappa shape index (κ3) is 3.89. The van der Waals surface area contributed by atoms with Crippen molar-refractivity contribution < 1.29 is 23.5 Å². The van der Waals surface area contributed by atoms with Gasteiger partial charge in [-0.05, 0) is 17.7 Å². The summed E-state index contributed by atoms with van der Waals surface area (Å²) in [6.45, 7) is 6.91.